The van der Waals surface area contributed by atoms with E-state index in [1.807, 2.05) is 24.3 Å². The van der Waals surface area contributed by atoms with E-state index >= 15 is 0 Å². The molecule has 1 aromatic heterocycles. The van der Waals surface area contributed by atoms with Gasteiger partial charge in [-0.1, -0.05) is 43.4 Å². The first-order valence-corrected chi connectivity index (χ1v) is 6.71. The van der Waals surface area contributed by atoms with Gasteiger partial charge in [0.1, 0.15) is 10.8 Å². The lowest BCUT2D eigenvalue weighted by Gasteiger charge is -2.07. The number of benzene rings is 1. The Balaban J connectivity index is 2.02. The molecule has 1 N–H and O–H groups in total. The summed E-state index contributed by atoms with van der Waals surface area (Å²) in [5.74, 6) is 1.31. The summed E-state index contributed by atoms with van der Waals surface area (Å²) in [5.41, 5.74) is 1.11. The molecule has 0 saturated heterocycles. The second kappa shape index (κ2) is 5.82. The van der Waals surface area contributed by atoms with Crippen LogP contribution in [-0.2, 0) is 6.54 Å². The molecule has 0 bridgehead atoms. The predicted molar refractivity (Wildman–Crippen MR) is 74.3 cm³/mol. The van der Waals surface area contributed by atoms with Crippen molar-refractivity contribution < 1.29 is 4.74 Å². The molecule has 0 aliphatic heterocycles. The highest BCUT2D eigenvalue weighted by atomic mass is 32.1. The monoisotopic (exact) mass is 263 g/mol. The van der Waals surface area contributed by atoms with Gasteiger partial charge in [-0.05, 0) is 6.07 Å². The molecule has 96 valence electrons. The Morgan fingerprint density at radius 1 is 1.28 bits per heavy atom. The van der Waals surface area contributed by atoms with Crippen molar-refractivity contribution in [2.75, 3.05) is 12.4 Å². The lowest BCUT2D eigenvalue weighted by Crippen LogP contribution is -2.01. The first kappa shape index (κ1) is 12.8. The zero-order chi connectivity index (χ0) is 13.0. The van der Waals surface area contributed by atoms with Gasteiger partial charge in [-0.3, -0.25) is 0 Å². The van der Waals surface area contributed by atoms with Crippen LogP contribution in [0.1, 0.15) is 30.3 Å². The van der Waals surface area contributed by atoms with E-state index in [2.05, 4.69) is 29.4 Å². The Bertz CT molecular complexity index is 510. The summed E-state index contributed by atoms with van der Waals surface area (Å²) in [7, 11) is 1.68. The molecule has 1 aromatic carbocycles. The minimum atomic E-state index is 0.421. The molecule has 0 radical (unpaired) electrons. The number of hydrogen-bond acceptors (Lipinski definition) is 5. The van der Waals surface area contributed by atoms with Crippen LogP contribution < -0.4 is 10.1 Å². The van der Waals surface area contributed by atoms with Crippen LogP contribution in [-0.4, -0.2) is 17.3 Å². The fraction of sp³-hybridized carbons (Fsp3) is 0.385. The summed E-state index contributed by atoms with van der Waals surface area (Å²) in [5, 5.41) is 13.5. The minimum Gasteiger partial charge on any atom is -0.496 e. The number of para-hydroxylation sites is 1. The number of nitrogens with one attached hydrogen (secondary N) is 1. The molecule has 2 rings (SSSR count). The lowest BCUT2D eigenvalue weighted by molar-refractivity contribution is 0.410. The van der Waals surface area contributed by atoms with Crippen molar-refractivity contribution in [1.82, 2.24) is 10.2 Å². The van der Waals surface area contributed by atoms with Gasteiger partial charge in [-0.25, -0.2) is 0 Å². The topological polar surface area (TPSA) is 47.0 Å². The largest absolute Gasteiger partial charge is 0.496 e. The second-order valence-electron chi connectivity index (χ2n) is 4.27. The molecule has 0 spiro atoms. The molecule has 1 heterocycles. The van der Waals surface area contributed by atoms with Crippen LogP contribution in [0.15, 0.2) is 24.3 Å². The van der Waals surface area contributed by atoms with Gasteiger partial charge in [0, 0.05) is 18.0 Å². The van der Waals surface area contributed by atoms with Gasteiger partial charge in [0.05, 0.1) is 7.11 Å². The van der Waals surface area contributed by atoms with Gasteiger partial charge in [-0.2, -0.15) is 0 Å². The predicted octanol–water partition coefficient (Wildman–Crippen LogP) is 3.28. The van der Waals surface area contributed by atoms with Gasteiger partial charge in [0.25, 0.3) is 0 Å². The standard InChI is InChI=1S/C13H17N3OS/c1-9(2)12-15-16-13(18-12)14-8-10-6-4-5-7-11(10)17-3/h4-7,9H,8H2,1-3H3,(H,14,16). The third-order valence-corrected chi connectivity index (χ3v) is 3.74. The van der Waals surface area contributed by atoms with Gasteiger partial charge >= 0.3 is 0 Å². The quantitative estimate of drug-likeness (QED) is 0.899. The summed E-state index contributed by atoms with van der Waals surface area (Å²) in [6, 6.07) is 7.95. The summed E-state index contributed by atoms with van der Waals surface area (Å²) < 4.78 is 5.30. The molecular weight excluding hydrogens is 246 g/mol. The van der Waals surface area contributed by atoms with Crippen LogP contribution in [0.2, 0.25) is 0 Å². The van der Waals surface area contributed by atoms with E-state index in [9.17, 15) is 0 Å². The molecule has 18 heavy (non-hydrogen) atoms. The highest BCUT2D eigenvalue weighted by Gasteiger charge is 2.08. The maximum absolute atomic E-state index is 5.30. The van der Waals surface area contributed by atoms with Crippen molar-refractivity contribution in [2.45, 2.75) is 26.3 Å². The molecular formula is C13H17N3OS. The SMILES string of the molecule is COc1ccccc1CNc1nnc(C(C)C)s1. The zero-order valence-corrected chi connectivity index (χ0v) is 11.6. The second-order valence-corrected chi connectivity index (χ2v) is 5.27. The van der Waals surface area contributed by atoms with Gasteiger partial charge in [-0.15, -0.1) is 10.2 Å². The summed E-state index contributed by atoms with van der Waals surface area (Å²) >= 11 is 1.60. The fourth-order valence-corrected chi connectivity index (χ4v) is 2.30. The van der Waals surface area contributed by atoms with Crippen LogP contribution >= 0.6 is 11.3 Å². The molecule has 0 unspecified atom stereocenters. The number of methoxy groups -OCH3 is 1. The van der Waals surface area contributed by atoms with E-state index < -0.39 is 0 Å². The third kappa shape index (κ3) is 2.98. The first-order chi connectivity index (χ1) is 8.70. The number of nitrogens with zero attached hydrogens (tertiary/aromatic N) is 2. The molecule has 0 saturated carbocycles. The maximum atomic E-state index is 5.30. The molecule has 0 atom stereocenters. The number of hydrogen-bond donors (Lipinski definition) is 1. The number of aromatic nitrogens is 2. The molecule has 0 amide bonds. The molecule has 4 nitrogen and oxygen atoms in total. The minimum absolute atomic E-state index is 0.421. The normalized spacial score (nSPS) is 10.7. The number of ether oxygens (including phenoxy) is 1. The summed E-state index contributed by atoms with van der Waals surface area (Å²) in [6.07, 6.45) is 0. The van der Waals surface area contributed by atoms with Crippen molar-refractivity contribution >= 4 is 16.5 Å². The molecule has 0 aliphatic rings. The first-order valence-electron chi connectivity index (χ1n) is 5.90. The average molecular weight is 263 g/mol. The van der Waals surface area contributed by atoms with Crippen molar-refractivity contribution in [3.05, 3.63) is 34.8 Å². The van der Waals surface area contributed by atoms with Crippen molar-refractivity contribution in [1.29, 1.82) is 0 Å². The summed E-state index contributed by atoms with van der Waals surface area (Å²) in [6.45, 7) is 4.92. The van der Waals surface area contributed by atoms with E-state index in [4.69, 9.17) is 4.74 Å². The van der Waals surface area contributed by atoms with E-state index in [1.54, 1.807) is 18.4 Å². The van der Waals surface area contributed by atoms with Gasteiger partial charge < -0.3 is 10.1 Å². The van der Waals surface area contributed by atoms with Crippen molar-refractivity contribution in [2.24, 2.45) is 0 Å². The Morgan fingerprint density at radius 3 is 2.72 bits per heavy atom. The van der Waals surface area contributed by atoms with Crippen LogP contribution in [0.25, 0.3) is 0 Å². The van der Waals surface area contributed by atoms with Crippen LogP contribution in [0.4, 0.5) is 5.13 Å². The Kier molecular flexibility index (Phi) is 4.15. The van der Waals surface area contributed by atoms with Crippen molar-refractivity contribution in [3.63, 3.8) is 0 Å². The molecule has 2 aromatic rings. The fourth-order valence-electron chi connectivity index (χ4n) is 1.56. The maximum Gasteiger partial charge on any atom is 0.205 e. The van der Waals surface area contributed by atoms with Crippen LogP contribution in [0.3, 0.4) is 0 Å². The highest BCUT2D eigenvalue weighted by Crippen LogP contribution is 2.24. The smallest absolute Gasteiger partial charge is 0.205 e. The number of rotatable bonds is 5. The van der Waals surface area contributed by atoms with Gasteiger partial charge in [0.2, 0.25) is 5.13 Å². The average Bonchev–Trinajstić information content (AvgIpc) is 2.85. The van der Waals surface area contributed by atoms with E-state index in [0.29, 0.717) is 12.5 Å². The van der Waals surface area contributed by atoms with E-state index in [0.717, 1.165) is 21.5 Å². The van der Waals surface area contributed by atoms with E-state index in [-0.39, 0.29) is 0 Å². The Morgan fingerprint density at radius 2 is 2.06 bits per heavy atom. The number of anilines is 1. The summed E-state index contributed by atoms with van der Waals surface area (Å²) in [4.78, 5) is 0. The van der Waals surface area contributed by atoms with Crippen LogP contribution in [0, 0.1) is 0 Å². The zero-order valence-electron chi connectivity index (χ0n) is 10.8. The molecule has 5 heteroatoms. The third-order valence-electron chi connectivity index (χ3n) is 2.56. The lowest BCUT2D eigenvalue weighted by atomic mass is 10.2. The van der Waals surface area contributed by atoms with E-state index in [1.165, 1.54) is 0 Å². The van der Waals surface area contributed by atoms with Crippen molar-refractivity contribution in [3.8, 4) is 5.75 Å². The van der Waals surface area contributed by atoms with Crippen LogP contribution in [0.5, 0.6) is 5.75 Å². The Hall–Kier alpha value is -1.62. The Labute approximate surface area is 111 Å². The highest BCUT2D eigenvalue weighted by molar-refractivity contribution is 7.15. The van der Waals surface area contributed by atoms with Gasteiger partial charge in [0.15, 0.2) is 0 Å². The molecule has 0 fully saturated rings. The molecule has 0 aliphatic carbocycles.